The standard InChI is InChI=1S/C20H30ClN3O2/c1-15-8-5-7-13-24(15)20(26)17-11-10-16(14-18(17)21)23-19(25)9-4-2-3-6-12-22/h10-11,14-15H,2-9,12-13,22H2,1H3,(H,23,25). The smallest absolute Gasteiger partial charge is 0.255 e. The number of carbonyl (C=O) groups is 2. The molecule has 0 spiro atoms. The predicted molar refractivity (Wildman–Crippen MR) is 107 cm³/mol. The molecule has 3 N–H and O–H groups in total. The molecule has 1 atom stereocenters. The Morgan fingerprint density at radius 2 is 2.00 bits per heavy atom. The third-order valence-corrected chi connectivity index (χ3v) is 5.22. The van der Waals surface area contributed by atoms with Gasteiger partial charge in [0.25, 0.3) is 5.91 Å². The molecule has 2 amide bonds. The van der Waals surface area contributed by atoms with Crippen LogP contribution in [0.4, 0.5) is 5.69 Å². The van der Waals surface area contributed by atoms with Crippen LogP contribution < -0.4 is 11.1 Å². The Hall–Kier alpha value is -1.59. The number of hydrogen-bond acceptors (Lipinski definition) is 3. The molecule has 1 aliphatic rings. The SMILES string of the molecule is CC1CCCCN1C(=O)c1ccc(NC(=O)CCCCCCN)cc1Cl. The average molecular weight is 380 g/mol. The molecule has 0 saturated carbocycles. The predicted octanol–water partition coefficient (Wildman–Crippen LogP) is 4.20. The normalized spacial score (nSPS) is 17.2. The maximum atomic E-state index is 12.7. The Morgan fingerprint density at radius 3 is 2.69 bits per heavy atom. The summed E-state index contributed by atoms with van der Waals surface area (Å²) < 4.78 is 0. The molecule has 1 aromatic rings. The van der Waals surface area contributed by atoms with Gasteiger partial charge in [-0.05, 0) is 63.8 Å². The van der Waals surface area contributed by atoms with E-state index in [2.05, 4.69) is 12.2 Å². The largest absolute Gasteiger partial charge is 0.336 e. The molecule has 1 aliphatic heterocycles. The van der Waals surface area contributed by atoms with Gasteiger partial charge in [-0.3, -0.25) is 9.59 Å². The summed E-state index contributed by atoms with van der Waals surface area (Å²) in [5, 5.41) is 3.24. The van der Waals surface area contributed by atoms with Crippen molar-refractivity contribution in [1.82, 2.24) is 4.90 Å². The van der Waals surface area contributed by atoms with E-state index in [9.17, 15) is 9.59 Å². The Morgan fingerprint density at radius 1 is 1.23 bits per heavy atom. The number of anilines is 1. The second kappa shape index (κ2) is 10.5. The minimum absolute atomic E-state index is 0.0278. The molecule has 0 bridgehead atoms. The van der Waals surface area contributed by atoms with E-state index in [0.29, 0.717) is 29.2 Å². The maximum Gasteiger partial charge on any atom is 0.255 e. The van der Waals surface area contributed by atoms with Crippen LogP contribution in [0, 0.1) is 0 Å². The summed E-state index contributed by atoms with van der Waals surface area (Å²) in [5.41, 5.74) is 6.59. The monoisotopic (exact) mass is 379 g/mol. The number of piperidine rings is 1. The topological polar surface area (TPSA) is 75.4 Å². The second-order valence-electron chi connectivity index (χ2n) is 7.04. The zero-order chi connectivity index (χ0) is 18.9. The van der Waals surface area contributed by atoms with Crippen molar-refractivity contribution < 1.29 is 9.59 Å². The molecule has 0 radical (unpaired) electrons. The summed E-state index contributed by atoms with van der Waals surface area (Å²) in [7, 11) is 0. The van der Waals surface area contributed by atoms with Gasteiger partial charge in [0.05, 0.1) is 10.6 Å². The number of hydrogen-bond donors (Lipinski definition) is 2. The zero-order valence-electron chi connectivity index (χ0n) is 15.6. The first kappa shape index (κ1) is 20.7. The van der Waals surface area contributed by atoms with Crippen LogP contribution >= 0.6 is 11.6 Å². The Kier molecular flexibility index (Phi) is 8.39. The van der Waals surface area contributed by atoms with Gasteiger partial charge in [0, 0.05) is 24.7 Å². The first-order valence-corrected chi connectivity index (χ1v) is 10.0. The van der Waals surface area contributed by atoms with Gasteiger partial charge >= 0.3 is 0 Å². The third kappa shape index (κ3) is 5.99. The summed E-state index contributed by atoms with van der Waals surface area (Å²) in [6, 6.07) is 5.37. The van der Waals surface area contributed by atoms with Crippen molar-refractivity contribution in [3.05, 3.63) is 28.8 Å². The van der Waals surface area contributed by atoms with Crippen LogP contribution in [0.25, 0.3) is 0 Å². The molecule has 1 aromatic carbocycles. The van der Waals surface area contributed by atoms with Crippen LogP contribution in [0.3, 0.4) is 0 Å². The molecule has 1 saturated heterocycles. The van der Waals surface area contributed by atoms with E-state index >= 15 is 0 Å². The highest BCUT2D eigenvalue weighted by atomic mass is 35.5. The summed E-state index contributed by atoms with van der Waals surface area (Å²) in [4.78, 5) is 26.6. The van der Waals surface area contributed by atoms with Crippen LogP contribution in [0.1, 0.15) is 68.6 Å². The van der Waals surface area contributed by atoms with E-state index < -0.39 is 0 Å². The van der Waals surface area contributed by atoms with Gasteiger partial charge in [0.2, 0.25) is 5.91 Å². The van der Waals surface area contributed by atoms with Crippen molar-refractivity contribution in [2.24, 2.45) is 5.73 Å². The van der Waals surface area contributed by atoms with Crippen molar-refractivity contribution in [2.45, 2.75) is 64.3 Å². The van der Waals surface area contributed by atoms with Crippen LogP contribution in [-0.4, -0.2) is 35.8 Å². The Balaban J connectivity index is 1.90. The summed E-state index contributed by atoms with van der Waals surface area (Å²) in [6.07, 6.45) is 7.62. The molecule has 6 heteroatoms. The van der Waals surface area contributed by atoms with Crippen molar-refractivity contribution in [3.8, 4) is 0 Å². The first-order valence-electron chi connectivity index (χ1n) is 9.63. The van der Waals surface area contributed by atoms with Gasteiger partial charge in [-0.15, -0.1) is 0 Å². The summed E-state index contributed by atoms with van der Waals surface area (Å²) >= 11 is 6.33. The third-order valence-electron chi connectivity index (χ3n) is 4.91. The van der Waals surface area contributed by atoms with Gasteiger partial charge < -0.3 is 16.0 Å². The number of nitrogens with one attached hydrogen (secondary N) is 1. The van der Waals surface area contributed by atoms with E-state index in [4.69, 9.17) is 17.3 Å². The van der Waals surface area contributed by atoms with Crippen molar-refractivity contribution >= 4 is 29.1 Å². The molecule has 5 nitrogen and oxygen atoms in total. The highest BCUT2D eigenvalue weighted by Crippen LogP contribution is 2.26. The van der Waals surface area contributed by atoms with Crippen LogP contribution in [-0.2, 0) is 4.79 Å². The van der Waals surface area contributed by atoms with Crippen molar-refractivity contribution in [3.63, 3.8) is 0 Å². The summed E-state index contributed by atoms with van der Waals surface area (Å²) in [6.45, 7) is 3.55. The quantitative estimate of drug-likeness (QED) is 0.664. The van der Waals surface area contributed by atoms with Crippen LogP contribution in [0.5, 0.6) is 0 Å². The lowest BCUT2D eigenvalue weighted by molar-refractivity contribution is -0.116. The Bertz CT molecular complexity index is 621. The van der Waals surface area contributed by atoms with E-state index in [1.165, 1.54) is 0 Å². The van der Waals surface area contributed by atoms with Gasteiger partial charge in [-0.2, -0.15) is 0 Å². The van der Waals surface area contributed by atoms with Crippen LogP contribution in [0.2, 0.25) is 5.02 Å². The average Bonchev–Trinajstić information content (AvgIpc) is 2.61. The zero-order valence-corrected chi connectivity index (χ0v) is 16.4. The van der Waals surface area contributed by atoms with Crippen molar-refractivity contribution in [1.29, 1.82) is 0 Å². The second-order valence-corrected chi connectivity index (χ2v) is 7.45. The number of amides is 2. The molecule has 1 fully saturated rings. The molecule has 0 aromatic heterocycles. The molecule has 0 aliphatic carbocycles. The van der Waals surface area contributed by atoms with Gasteiger partial charge in [0.15, 0.2) is 0 Å². The van der Waals surface area contributed by atoms with E-state index in [-0.39, 0.29) is 17.9 Å². The van der Waals surface area contributed by atoms with Crippen LogP contribution in [0.15, 0.2) is 18.2 Å². The van der Waals surface area contributed by atoms with Gasteiger partial charge in [-0.1, -0.05) is 24.4 Å². The number of benzene rings is 1. The fourth-order valence-electron chi connectivity index (χ4n) is 3.33. The molecule has 144 valence electrons. The number of rotatable bonds is 8. The maximum absolute atomic E-state index is 12.7. The van der Waals surface area contributed by atoms with Gasteiger partial charge in [0.1, 0.15) is 0 Å². The number of nitrogens with two attached hydrogens (primary N) is 1. The molecule has 2 rings (SSSR count). The highest BCUT2D eigenvalue weighted by Gasteiger charge is 2.25. The summed E-state index contributed by atoms with van der Waals surface area (Å²) in [5.74, 6) is -0.0578. The fourth-order valence-corrected chi connectivity index (χ4v) is 3.59. The molecule has 1 heterocycles. The van der Waals surface area contributed by atoms with E-state index in [0.717, 1.165) is 51.5 Å². The highest BCUT2D eigenvalue weighted by molar-refractivity contribution is 6.34. The number of likely N-dealkylation sites (tertiary alicyclic amines) is 1. The number of nitrogens with zero attached hydrogens (tertiary/aromatic N) is 1. The number of unbranched alkanes of at least 4 members (excludes halogenated alkanes) is 3. The molecular formula is C20H30ClN3O2. The fraction of sp³-hybridized carbons (Fsp3) is 0.600. The minimum Gasteiger partial charge on any atom is -0.336 e. The van der Waals surface area contributed by atoms with E-state index in [1.807, 2.05) is 4.90 Å². The van der Waals surface area contributed by atoms with Gasteiger partial charge in [-0.25, -0.2) is 0 Å². The number of carbonyl (C=O) groups excluding carboxylic acids is 2. The molecule has 26 heavy (non-hydrogen) atoms. The van der Waals surface area contributed by atoms with E-state index in [1.54, 1.807) is 18.2 Å². The van der Waals surface area contributed by atoms with Crippen molar-refractivity contribution in [2.75, 3.05) is 18.4 Å². The lowest BCUT2D eigenvalue weighted by Crippen LogP contribution is -2.42. The lowest BCUT2D eigenvalue weighted by Gasteiger charge is -2.33. The first-order chi connectivity index (χ1) is 12.5. The number of halogens is 1. The molecule has 1 unspecified atom stereocenters. The lowest BCUT2D eigenvalue weighted by atomic mass is 10.0. The molecular weight excluding hydrogens is 350 g/mol. The Labute approximate surface area is 161 Å². The minimum atomic E-state index is -0.0301.